The molecular formula is C10H11Br2NO2S. The molecular weight excluding hydrogens is 358 g/mol. The van der Waals surface area contributed by atoms with Crippen molar-refractivity contribution in [3.8, 4) is 0 Å². The van der Waals surface area contributed by atoms with Crippen molar-refractivity contribution in [3.05, 3.63) is 22.7 Å². The zero-order valence-corrected chi connectivity index (χ0v) is 12.6. The minimum atomic E-state index is -0.314. The minimum Gasteiger partial charge on any atom is -0.468 e. The zero-order chi connectivity index (χ0) is 12.1. The van der Waals surface area contributed by atoms with Crippen LogP contribution < -0.4 is 5.73 Å². The molecule has 0 aliphatic carbocycles. The lowest BCUT2D eigenvalue weighted by molar-refractivity contribution is -0.139. The quantitative estimate of drug-likeness (QED) is 0.384. The van der Waals surface area contributed by atoms with Gasteiger partial charge in [0.2, 0.25) is 0 Å². The monoisotopic (exact) mass is 367 g/mol. The van der Waals surface area contributed by atoms with Crippen LogP contribution in [0.4, 0.5) is 5.69 Å². The van der Waals surface area contributed by atoms with Crippen molar-refractivity contribution in [2.75, 3.05) is 18.6 Å². The third-order valence-electron chi connectivity index (χ3n) is 1.81. The molecule has 0 saturated carbocycles. The van der Waals surface area contributed by atoms with E-state index in [1.165, 1.54) is 18.9 Å². The molecule has 16 heavy (non-hydrogen) atoms. The highest BCUT2D eigenvalue weighted by atomic mass is 79.9. The van der Waals surface area contributed by atoms with Crippen molar-refractivity contribution in [2.24, 2.45) is 0 Å². The maximum Gasteiger partial charge on any atom is 0.320 e. The highest BCUT2D eigenvalue weighted by molar-refractivity contribution is 9.10. The van der Waals surface area contributed by atoms with Crippen LogP contribution in [0.25, 0.3) is 0 Å². The summed E-state index contributed by atoms with van der Waals surface area (Å²) in [6.45, 7) is 0. The lowest BCUT2D eigenvalue weighted by atomic mass is 10.3. The molecule has 88 valence electrons. The van der Waals surface area contributed by atoms with Gasteiger partial charge in [-0.25, -0.2) is 0 Å². The summed E-state index contributed by atoms with van der Waals surface area (Å²) in [5.74, 6) is 0.307. The van der Waals surface area contributed by atoms with Crippen LogP contribution in [-0.4, -0.2) is 23.7 Å². The summed E-state index contributed by atoms with van der Waals surface area (Å²) in [6, 6.07) is 5.67. The van der Waals surface area contributed by atoms with Gasteiger partial charge in [-0.1, -0.05) is 31.9 Å². The second kappa shape index (κ2) is 6.51. The van der Waals surface area contributed by atoms with Gasteiger partial charge in [-0.05, 0) is 18.2 Å². The second-order valence-electron chi connectivity index (χ2n) is 2.98. The average molecular weight is 369 g/mol. The fraction of sp³-hybridized carbons (Fsp3) is 0.300. The van der Waals surface area contributed by atoms with Gasteiger partial charge in [0.25, 0.3) is 0 Å². The Hall–Kier alpha value is -0.200. The molecule has 0 spiro atoms. The van der Waals surface area contributed by atoms with Crippen LogP contribution in [0, 0.1) is 0 Å². The predicted molar refractivity (Wildman–Crippen MR) is 74.0 cm³/mol. The fourth-order valence-corrected chi connectivity index (χ4v) is 2.82. The van der Waals surface area contributed by atoms with Crippen molar-refractivity contribution in [1.82, 2.24) is 0 Å². The first-order chi connectivity index (χ1) is 7.54. The number of thioether (sulfide) groups is 1. The van der Waals surface area contributed by atoms with Crippen molar-refractivity contribution in [1.29, 1.82) is 0 Å². The van der Waals surface area contributed by atoms with Gasteiger partial charge in [-0.2, -0.15) is 0 Å². The van der Waals surface area contributed by atoms with E-state index in [1.807, 2.05) is 18.2 Å². The maximum absolute atomic E-state index is 11.2. The number of benzene rings is 1. The van der Waals surface area contributed by atoms with Crippen LogP contribution in [0.5, 0.6) is 0 Å². The Morgan fingerprint density at radius 3 is 2.88 bits per heavy atom. The molecule has 1 aromatic carbocycles. The summed E-state index contributed by atoms with van der Waals surface area (Å²) in [5.41, 5.74) is 6.53. The van der Waals surface area contributed by atoms with E-state index >= 15 is 0 Å². The number of hydrogen-bond donors (Lipinski definition) is 1. The van der Waals surface area contributed by atoms with E-state index in [-0.39, 0.29) is 10.8 Å². The number of rotatable bonds is 4. The largest absolute Gasteiger partial charge is 0.468 e. The number of nitrogen functional groups attached to an aromatic ring is 1. The molecule has 1 aromatic rings. The van der Waals surface area contributed by atoms with Gasteiger partial charge in [0.15, 0.2) is 0 Å². The Bertz CT molecular complexity index is 387. The van der Waals surface area contributed by atoms with E-state index < -0.39 is 0 Å². The highest BCUT2D eigenvalue weighted by Crippen LogP contribution is 2.29. The molecule has 2 N–H and O–H groups in total. The molecule has 0 aromatic heterocycles. The smallest absolute Gasteiger partial charge is 0.320 e. The van der Waals surface area contributed by atoms with E-state index in [0.29, 0.717) is 11.4 Å². The Morgan fingerprint density at radius 1 is 1.62 bits per heavy atom. The van der Waals surface area contributed by atoms with Crippen LogP contribution in [0.3, 0.4) is 0 Å². The van der Waals surface area contributed by atoms with Gasteiger partial charge in [0.1, 0.15) is 4.83 Å². The summed E-state index contributed by atoms with van der Waals surface area (Å²) in [6.07, 6.45) is 0. The third-order valence-corrected chi connectivity index (χ3v) is 4.62. The predicted octanol–water partition coefficient (Wildman–Crippen LogP) is 3.06. The summed E-state index contributed by atoms with van der Waals surface area (Å²) in [7, 11) is 1.37. The second-order valence-corrected chi connectivity index (χ2v) is 6.07. The topological polar surface area (TPSA) is 52.3 Å². The number of alkyl halides is 1. The van der Waals surface area contributed by atoms with Gasteiger partial charge >= 0.3 is 5.97 Å². The van der Waals surface area contributed by atoms with Gasteiger partial charge in [-0.3, -0.25) is 4.79 Å². The van der Waals surface area contributed by atoms with Crippen molar-refractivity contribution in [3.63, 3.8) is 0 Å². The number of esters is 1. The summed E-state index contributed by atoms with van der Waals surface area (Å²) in [4.78, 5) is 11.8. The molecule has 1 rings (SSSR count). The SMILES string of the molecule is COC(=O)C(Br)CSc1ccc(Br)cc1N. The van der Waals surface area contributed by atoms with Gasteiger partial charge in [0.05, 0.1) is 7.11 Å². The Kier molecular flexibility index (Phi) is 5.64. The van der Waals surface area contributed by atoms with Crippen LogP contribution in [0.1, 0.15) is 0 Å². The minimum absolute atomic E-state index is 0.275. The van der Waals surface area contributed by atoms with Crippen molar-refractivity contribution in [2.45, 2.75) is 9.72 Å². The first kappa shape index (κ1) is 13.9. The summed E-state index contributed by atoms with van der Waals surface area (Å²) in [5, 5.41) is 0. The molecule has 0 fully saturated rings. The number of halogens is 2. The maximum atomic E-state index is 11.2. The normalized spacial score (nSPS) is 12.2. The lowest BCUT2D eigenvalue weighted by Gasteiger charge is -2.09. The molecule has 0 amide bonds. The van der Waals surface area contributed by atoms with Crippen LogP contribution in [0.2, 0.25) is 0 Å². The number of hydrogen-bond acceptors (Lipinski definition) is 4. The lowest BCUT2D eigenvalue weighted by Crippen LogP contribution is -2.17. The number of anilines is 1. The molecule has 0 aliphatic heterocycles. The molecule has 1 atom stereocenters. The van der Waals surface area contributed by atoms with Crippen LogP contribution in [0.15, 0.2) is 27.6 Å². The van der Waals surface area contributed by atoms with E-state index in [9.17, 15) is 4.79 Å². The van der Waals surface area contributed by atoms with E-state index in [1.54, 1.807) is 0 Å². The molecule has 0 saturated heterocycles. The van der Waals surface area contributed by atoms with E-state index in [4.69, 9.17) is 5.73 Å². The molecule has 3 nitrogen and oxygen atoms in total. The first-order valence-electron chi connectivity index (χ1n) is 4.44. The van der Waals surface area contributed by atoms with Crippen molar-refractivity contribution >= 4 is 55.3 Å². The molecule has 6 heteroatoms. The zero-order valence-electron chi connectivity index (χ0n) is 8.57. The standard InChI is InChI=1S/C10H11Br2NO2S/c1-15-10(14)7(12)5-16-9-3-2-6(11)4-8(9)13/h2-4,7H,5,13H2,1H3. The van der Waals surface area contributed by atoms with E-state index in [0.717, 1.165) is 9.37 Å². The molecule has 1 unspecified atom stereocenters. The average Bonchev–Trinajstić information content (AvgIpc) is 2.26. The van der Waals surface area contributed by atoms with Crippen LogP contribution >= 0.6 is 43.6 Å². The van der Waals surface area contributed by atoms with Gasteiger partial charge < -0.3 is 10.5 Å². The number of carbonyl (C=O) groups excluding carboxylic acids is 1. The molecule has 0 aliphatic rings. The number of ether oxygens (including phenoxy) is 1. The Balaban J connectivity index is 2.58. The highest BCUT2D eigenvalue weighted by Gasteiger charge is 2.15. The number of nitrogens with two attached hydrogens (primary N) is 1. The molecule has 0 radical (unpaired) electrons. The Morgan fingerprint density at radius 2 is 2.31 bits per heavy atom. The molecule has 0 bridgehead atoms. The summed E-state index contributed by atoms with van der Waals surface area (Å²) >= 11 is 8.11. The fourth-order valence-electron chi connectivity index (χ4n) is 1.01. The summed E-state index contributed by atoms with van der Waals surface area (Å²) < 4.78 is 5.55. The number of methoxy groups -OCH3 is 1. The Labute approximate surface area is 115 Å². The van der Waals surface area contributed by atoms with Crippen LogP contribution in [-0.2, 0) is 9.53 Å². The van der Waals surface area contributed by atoms with Crippen molar-refractivity contribution < 1.29 is 9.53 Å². The third kappa shape index (κ3) is 3.99. The molecule has 0 heterocycles. The van der Waals surface area contributed by atoms with Gasteiger partial charge in [0, 0.05) is 20.8 Å². The first-order valence-corrected chi connectivity index (χ1v) is 7.13. The van der Waals surface area contributed by atoms with Gasteiger partial charge in [-0.15, -0.1) is 11.8 Å². The number of carbonyl (C=O) groups is 1. The van der Waals surface area contributed by atoms with E-state index in [2.05, 4.69) is 36.6 Å².